The van der Waals surface area contributed by atoms with Gasteiger partial charge < -0.3 is 14.4 Å². The smallest absolute Gasteiger partial charge is 0.274 e. The van der Waals surface area contributed by atoms with Gasteiger partial charge in [0, 0.05) is 45.0 Å². The molecule has 4 aromatic rings. The van der Waals surface area contributed by atoms with Gasteiger partial charge in [0.1, 0.15) is 5.75 Å². The van der Waals surface area contributed by atoms with E-state index in [-0.39, 0.29) is 5.56 Å². The molecule has 3 heterocycles. The van der Waals surface area contributed by atoms with Crippen molar-refractivity contribution in [3.05, 3.63) is 70.8 Å². The van der Waals surface area contributed by atoms with Crippen LogP contribution in [0.2, 0.25) is 0 Å². The first-order valence-corrected chi connectivity index (χ1v) is 11.2. The number of nitrogens with zero attached hydrogens (tertiary/aromatic N) is 5. The molecule has 0 N–H and O–H groups in total. The Morgan fingerprint density at radius 1 is 1.09 bits per heavy atom. The molecule has 1 saturated heterocycles. The summed E-state index contributed by atoms with van der Waals surface area (Å²) in [5.41, 5.74) is 3.41. The minimum absolute atomic E-state index is 0.0785. The predicted octanol–water partition coefficient (Wildman–Crippen LogP) is 3.38. The van der Waals surface area contributed by atoms with Crippen molar-refractivity contribution >= 4 is 16.9 Å². The minimum Gasteiger partial charge on any atom is -0.461 e. The highest BCUT2D eigenvalue weighted by atomic mass is 19.1. The molecule has 2 aromatic carbocycles. The van der Waals surface area contributed by atoms with Crippen molar-refractivity contribution in [1.29, 1.82) is 0 Å². The van der Waals surface area contributed by atoms with Crippen molar-refractivity contribution < 1.29 is 13.9 Å². The minimum atomic E-state index is -1.40. The molecule has 9 heteroatoms. The van der Waals surface area contributed by atoms with Gasteiger partial charge in [0.2, 0.25) is 12.3 Å². The lowest BCUT2D eigenvalue weighted by molar-refractivity contribution is 0.0859. The van der Waals surface area contributed by atoms with Gasteiger partial charge >= 0.3 is 0 Å². The Morgan fingerprint density at radius 3 is 2.59 bits per heavy atom. The van der Waals surface area contributed by atoms with Crippen LogP contribution in [0.3, 0.4) is 0 Å². The van der Waals surface area contributed by atoms with Gasteiger partial charge in [-0.15, -0.1) is 0 Å². The van der Waals surface area contributed by atoms with Gasteiger partial charge in [0.25, 0.3) is 5.56 Å². The van der Waals surface area contributed by atoms with Crippen LogP contribution in [0.1, 0.15) is 12.5 Å². The molecular formula is C25H26FN5O3. The van der Waals surface area contributed by atoms with Gasteiger partial charge in [-0.1, -0.05) is 18.2 Å². The van der Waals surface area contributed by atoms with E-state index in [1.54, 1.807) is 23.9 Å². The molecular weight excluding hydrogens is 437 g/mol. The predicted molar refractivity (Wildman–Crippen MR) is 128 cm³/mol. The standard InChI is InChI=1S/C25H26FN5O3/c1-17(26)34-21-5-3-4-18(12-21)16-31-23-13-19(6-7-22(23)24(32)29(31)2)20-14-27-25(28-15-20)30-8-10-33-11-9-30/h3-7,12-15,17H,8-11,16H2,1-2H3. The van der Waals surface area contributed by atoms with Crippen LogP contribution in [0.15, 0.2) is 59.7 Å². The molecule has 1 aliphatic rings. The number of rotatable bonds is 6. The molecule has 176 valence electrons. The lowest BCUT2D eigenvalue weighted by atomic mass is 10.1. The van der Waals surface area contributed by atoms with Crippen LogP contribution in [0.25, 0.3) is 22.0 Å². The molecule has 0 radical (unpaired) electrons. The fourth-order valence-electron chi connectivity index (χ4n) is 4.22. The van der Waals surface area contributed by atoms with Crippen LogP contribution in [0, 0.1) is 0 Å². The molecule has 0 amide bonds. The Bertz CT molecular complexity index is 1360. The summed E-state index contributed by atoms with van der Waals surface area (Å²) in [5.74, 6) is 1.14. The zero-order valence-corrected chi connectivity index (χ0v) is 19.1. The molecule has 2 aromatic heterocycles. The van der Waals surface area contributed by atoms with Gasteiger partial charge in [0.15, 0.2) is 0 Å². The number of benzene rings is 2. The molecule has 0 saturated carbocycles. The fourth-order valence-corrected chi connectivity index (χ4v) is 4.22. The molecule has 1 atom stereocenters. The van der Waals surface area contributed by atoms with Crippen LogP contribution < -0.4 is 15.2 Å². The molecule has 5 rings (SSSR count). The molecule has 1 unspecified atom stereocenters. The Labute approximate surface area is 196 Å². The number of aromatic nitrogens is 4. The first-order valence-electron chi connectivity index (χ1n) is 11.2. The van der Waals surface area contributed by atoms with Crippen LogP contribution in [0.5, 0.6) is 5.75 Å². The van der Waals surface area contributed by atoms with E-state index < -0.39 is 6.36 Å². The second-order valence-corrected chi connectivity index (χ2v) is 8.30. The lowest BCUT2D eigenvalue weighted by Gasteiger charge is -2.26. The zero-order chi connectivity index (χ0) is 23.7. The third kappa shape index (κ3) is 4.38. The number of fused-ring (bicyclic) bond motifs is 1. The number of hydrogen-bond donors (Lipinski definition) is 0. The Balaban J connectivity index is 1.47. The highest BCUT2D eigenvalue weighted by Crippen LogP contribution is 2.25. The number of alkyl halides is 1. The van der Waals surface area contributed by atoms with Crippen molar-refractivity contribution in [2.75, 3.05) is 31.2 Å². The average Bonchev–Trinajstić information content (AvgIpc) is 3.09. The third-order valence-electron chi connectivity index (χ3n) is 5.96. The summed E-state index contributed by atoms with van der Waals surface area (Å²) in [6.07, 6.45) is 2.22. The average molecular weight is 464 g/mol. The van der Waals surface area contributed by atoms with E-state index in [0.717, 1.165) is 35.3 Å². The number of halogens is 1. The molecule has 0 bridgehead atoms. The monoisotopic (exact) mass is 463 g/mol. The Morgan fingerprint density at radius 2 is 1.85 bits per heavy atom. The summed E-state index contributed by atoms with van der Waals surface area (Å²) >= 11 is 0. The van der Waals surface area contributed by atoms with Gasteiger partial charge in [-0.25, -0.2) is 14.4 Å². The van der Waals surface area contributed by atoms with E-state index >= 15 is 0 Å². The second-order valence-electron chi connectivity index (χ2n) is 8.30. The quantitative estimate of drug-likeness (QED) is 0.437. The topological polar surface area (TPSA) is 74.4 Å². The van der Waals surface area contributed by atoms with Crippen LogP contribution in [0.4, 0.5) is 10.3 Å². The normalized spacial score (nSPS) is 15.0. The largest absolute Gasteiger partial charge is 0.461 e. The maximum atomic E-state index is 13.3. The highest BCUT2D eigenvalue weighted by Gasteiger charge is 2.15. The van der Waals surface area contributed by atoms with E-state index in [0.29, 0.717) is 36.8 Å². The van der Waals surface area contributed by atoms with Gasteiger partial charge in [-0.3, -0.25) is 14.2 Å². The summed E-state index contributed by atoms with van der Waals surface area (Å²) < 4.78 is 27.3. The molecule has 8 nitrogen and oxygen atoms in total. The summed E-state index contributed by atoms with van der Waals surface area (Å²) in [4.78, 5) is 24.0. The summed E-state index contributed by atoms with van der Waals surface area (Å²) in [5, 5.41) is 0.627. The first kappa shape index (κ1) is 22.1. The maximum absolute atomic E-state index is 13.3. The highest BCUT2D eigenvalue weighted by molar-refractivity contribution is 5.84. The lowest BCUT2D eigenvalue weighted by Crippen LogP contribution is -2.37. The van der Waals surface area contributed by atoms with E-state index in [2.05, 4.69) is 14.9 Å². The number of ether oxygens (including phenoxy) is 2. The van der Waals surface area contributed by atoms with Crippen molar-refractivity contribution in [2.45, 2.75) is 19.8 Å². The van der Waals surface area contributed by atoms with Crippen LogP contribution in [-0.4, -0.2) is 52.0 Å². The van der Waals surface area contributed by atoms with E-state index in [9.17, 15) is 9.18 Å². The first-order chi connectivity index (χ1) is 16.5. The SMILES string of the molecule is CC(F)Oc1cccc(Cn2c3cc(-c4cnc(N5CCOCC5)nc4)ccc3c(=O)n2C)c1. The van der Waals surface area contributed by atoms with Gasteiger partial charge in [-0.2, -0.15) is 0 Å². The molecule has 34 heavy (non-hydrogen) atoms. The van der Waals surface area contributed by atoms with Crippen LogP contribution in [-0.2, 0) is 18.3 Å². The Kier molecular flexibility index (Phi) is 6.02. The van der Waals surface area contributed by atoms with Crippen molar-refractivity contribution in [3.63, 3.8) is 0 Å². The Hall–Kier alpha value is -3.72. The van der Waals surface area contributed by atoms with Crippen molar-refractivity contribution in [2.24, 2.45) is 7.05 Å². The van der Waals surface area contributed by atoms with Crippen molar-refractivity contribution in [3.8, 4) is 16.9 Å². The van der Waals surface area contributed by atoms with Crippen LogP contribution >= 0.6 is 0 Å². The van der Waals surface area contributed by atoms with E-state index in [1.807, 2.05) is 47.4 Å². The molecule has 0 spiro atoms. The summed E-state index contributed by atoms with van der Waals surface area (Å²) in [6, 6.07) is 13.0. The van der Waals surface area contributed by atoms with Gasteiger partial charge in [-0.05, 0) is 35.4 Å². The molecule has 1 aliphatic heterocycles. The fraction of sp³-hybridized carbons (Fsp3) is 0.320. The zero-order valence-electron chi connectivity index (χ0n) is 19.1. The summed E-state index contributed by atoms with van der Waals surface area (Å²) in [6.45, 7) is 4.68. The maximum Gasteiger partial charge on any atom is 0.274 e. The van der Waals surface area contributed by atoms with Crippen molar-refractivity contribution in [1.82, 2.24) is 19.3 Å². The number of morpholine rings is 1. The van der Waals surface area contributed by atoms with E-state index in [1.165, 1.54) is 6.92 Å². The summed E-state index contributed by atoms with van der Waals surface area (Å²) in [7, 11) is 1.74. The van der Waals surface area contributed by atoms with E-state index in [4.69, 9.17) is 9.47 Å². The third-order valence-corrected chi connectivity index (χ3v) is 5.96. The second kappa shape index (κ2) is 9.26. The number of anilines is 1. The van der Waals surface area contributed by atoms with Gasteiger partial charge in [0.05, 0.1) is 30.7 Å². The number of hydrogen-bond acceptors (Lipinski definition) is 6. The molecule has 1 fully saturated rings. The molecule has 0 aliphatic carbocycles.